The predicted molar refractivity (Wildman–Crippen MR) is 67.6 cm³/mol. The average molecular weight is 217 g/mol. The van der Waals surface area contributed by atoms with Gasteiger partial charge in [-0.2, -0.15) is 5.10 Å². The van der Waals surface area contributed by atoms with E-state index in [1.807, 2.05) is 18.8 Å². The van der Waals surface area contributed by atoms with E-state index in [1.54, 1.807) is 0 Å². The van der Waals surface area contributed by atoms with E-state index in [-0.39, 0.29) is 0 Å². The minimum absolute atomic E-state index is 0.542. The summed E-state index contributed by atoms with van der Waals surface area (Å²) in [6, 6.07) is 8.95. The molecule has 0 fully saturated rings. The van der Waals surface area contributed by atoms with Gasteiger partial charge in [-0.05, 0) is 32.9 Å². The van der Waals surface area contributed by atoms with Crippen LogP contribution in [0.3, 0.4) is 0 Å². The second-order valence-corrected chi connectivity index (χ2v) is 4.32. The van der Waals surface area contributed by atoms with Crippen molar-refractivity contribution in [3.05, 3.63) is 30.0 Å². The van der Waals surface area contributed by atoms with Crippen LogP contribution in [0.25, 0.3) is 10.9 Å². The van der Waals surface area contributed by atoms with Gasteiger partial charge in [0.25, 0.3) is 0 Å². The Kier molecular flexibility index (Phi) is 3.25. The summed E-state index contributed by atoms with van der Waals surface area (Å²) in [6.07, 6.45) is 2.15. The van der Waals surface area contributed by atoms with Gasteiger partial charge in [0.2, 0.25) is 0 Å². The number of nitrogens with one attached hydrogen (secondary N) is 1. The van der Waals surface area contributed by atoms with Crippen LogP contribution in [0, 0.1) is 0 Å². The Hall–Kier alpha value is -1.35. The van der Waals surface area contributed by atoms with Crippen LogP contribution in [0.15, 0.2) is 24.3 Å². The van der Waals surface area contributed by atoms with Gasteiger partial charge in [-0.25, -0.2) is 0 Å². The first kappa shape index (κ1) is 11.1. The first-order chi connectivity index (χ1) is 7.72. The zero-order valence-electron chi connectivity index (χ0n) is 10.2. The zero-order valence-corrected chi connectivity index (χ0v) is 10.2. The maximum Gasteiger partial charge on any atom is 0.0703 e. The number of rotatable bonds is 4. The number of aryl methyl sites for hydroxylation is 2. The molecule has 16 heavy (non-hydrogen) atoms. The number of aromatic nitrogens is 2. The second-order valence-electron chi connectivity index (χ2n) is 4.32. The van der Waals surface area contributed by atoms with Gasteiger partial charge in [-0.3, -0.25) is 4.68 Å². The van der Waals surface area contributed by atoms with Crippen molar-refractivity contribution in [2.24, 2.45) is 7.05 Å². The van der Waals surface area contributed by atoms with E-state index in [1.165, 1.54) is 16.6 Å². The average Bonchev–Trinajstić information content (AvgIpc) is 2.64. The predicted octanol–water partition coefficient (Wildman–Crippen LogP) is 2.11. The highest BCUT2D eigenvalue weighted by molar-refractivity contribution is 5.81. The molecule has 0 aliphatic heterocycles. The molecule has 0 spiro atoms. The standard InChI is InChI=1S/C13H19N3/c1-10(14-2)8-9-12-11-6-4-5-7-13(11)16(3)15-12/h4-7,10,14H,8-9H2,1-3H3. The molecule has 3 heteroatoms. The van der Waals surface area contributed by atoms with E-state index in [9.17, 15) is 0 Å². The van der Waals surface area contributed by atoms with Gasteiger partial charge < -0.3 is 5.32 Å². The lowest BCUT2D eigenvalue weighted by Gasteiger charge is -2.07. The van der Waals surface area contributed by atoms with Crippen molar-refractivity contribution in [2.75, 3.05) is 7.05 Å². The number of hydrogen-bond acceptors (Lipinski definition) is 2. The van der Waals surface area contributed by atoms with Crippen molar-refractivity contribution in [2.45, 2.75) is 25.8 Å². The van der Waals surface area contributed by atoms with Crippen LogP contribution in [-0.4, -0.2) is 22.9 Å². The lowest BCUT2D eigenvalue weighted by atomic mass is 10.1. The van der Waals surface area contributed by atoms with Crippen LogP contribution in [-0.2, 0) is 13.5 Å². The summed E-state index contributed by atoms with van der Waals surface area (Å²) in [5.41, 5.74) is 2.43. The minimum atomic E-state index is 0.542. The molecule has 1 aromatic heterocycles. The molecule has 3 nitrogen and oxygen atoms in total. The molecule has 0 aliphatic carbocycles. The summed E-state index contributed by atoms with van der Waals surface area (Å²) in [5.74, 6) is 0. The van der Waals surface area contributed by atoms with Crippen molar-refractivity contribution >= 4 is 10.9 Å². The van der Waals surface area contributed by atoms with E-state index < -0.39 is 0 Å². The van der Waals surface area contributed by atoms with Crippen LogP contribution < -0.4 is 5.32 Å². The largest absolute Gasteiger partial charge is 0.317 e. The number of fused-ring (bicyclic) bond motifs is 1. The number of para-hydroxylation sites is 1. The summed E-state index contributed by atoms with van der Waals surface area (Å²) in [5, 5.41) is 9.13. The van der Waals surface area contributed by atoms with E-state index in [0.717, 1.165) is 12.8 Å². The molecule has 0 bridgehead atoms. The summed E-state index contributed by atoms with van der Waals surface area (Å²) in [6.45, 7) is 2.20. The molecule has 0 amide bonds. The summed E-state index contributed by atoms with van der Waals surface area (Å²) in [7, 11) is 4.01. The molecule has 1 N–H and O–H groups in total. The van der Waals surface area contributed by atoms with Crippen molar-refractivity contribution in [3.63, 3.8) is 0 Å². The molecule has 86 valence electrons. The van der Waals surface area contributed by atoms with Crippen molar-refractivity contribution in [3.8, 4) is 0 Å². The monoisotopic (exact) mass is 217 g/mol. The SMILES string of the molecule is CNC(C)CCc1nn(C)c2ccccc12. The van der Waals surface area contributed by atoms with E-state index in [2.05, 4.69) is 41.6 Å². The number of nitrogens with zero attached hydrogens (tertiary/aromatic N) is 2. The molecule has 2 rings (SSSR count). The fourth-order valence-electron chi connectivity index (χ4n) is 1.97. The quantitative estimate of drug-likeness (QED) is 0.850. The molecule has 1 atom stereocenters. The Balaban J connectivity index is 2.24. The van der Waals surface area contributed by atoms with Crippen molar-refractivity contribution in [1.82, 2.24) is 15.1 Å². The van der Waals surface area contributed by atoms with Gasteiger partial charge >= 0.3 is 0 Å². The molecular weight excluding hydrogens is 198 g/mol. The van der Waals surface area contributed by atoms with Gasteiger partial charge in [-0.1, -0.05) is 18.2 Å². The molecule has 1 aromatic carbocycles. The third kappa shape index (κ3) is 2.09. The van der Waals surface area contributed by atoms with E-state index in [4.69, 9.17) is 0 Å². The summed E-state index contributed by atoms with van der Waals surface area (Å²) < 4.78 is 1.97. The molecule has 0 radical (unpaired) electrons. The minimum Gasteiger partial charge on any atom is -0.317 e. The Morgan fingerprint density at radius 3 is 2.88 bits per heavy atom. The molecule has 0 saturated carbocycles. The van der Waals surface area contributed by atoms with Gasteiger partial charge in [-0.15, -0.1) is 0 Å². The lowest BCUT2D eigenvalue weighted by Crippen LogP contribution is -2.21. The topological polar surface area (TPSA) is 29.9 Å². The zero-order chi connectivity index (χ0) is 11.5. The van der Waals surface area contributed by atoms with Crippen LogP contribution in [0.4, 0.5) is 0 Å². The Morgan fingerprint density at radius 1 is 1.38 bits per heavy atom. The molecular formula is C13H19N3. The maximum absolute atomic E-state index is 4.58. The normalized spacial score (nSPS) is 13.2. The highest BCUT2D eigenvalue weighted by Gasteiger charge is 2.08. The summed E-state index contributed by atoms with van der Waals surface area (Å²) in [4.78, 5) is 0. The van der Waals surface area contributed by atoms with Crippen LogP contribution >= 0.6 is 0 Å². The van der Waals surface area contributed by atoms with Gasteiger partial charge in [0, 0.05) is 18.5 Å². The third-order valence-electron chi connectivity index (χ3n) is 3.14. The van der Waals surface area contributed by atoms with Crippen LogP contribution in [0.2, 0.25) is 0 Å². The van der Waals surface area contributed by atoms with Crippen molar-refractivity contribution in [1.29, 1.82) is 0 Å². The first-order valence-corrected chi connectivity index (χ1v) is 5.80. The Bertz CT molecular complexity index is 473. The van der Waals surface area contributed by atoms with E-state index >= 15 is 0 Å². The van der Waals surface area contributed by atoms with Crippen molar-refractivity contribution < 1.29 is 0 Å². The van der Waals surface area contributed by atoms with Gasteiger partial charge in [0.1, 0.15) is 0 Å². The highest BCUT2D eigenvalue weighted by atomic mass is 15.3. The molecule has 1 unspecified atom stereocenters. The smallest absolute Gasteiger partial charge is 0.0703 e. The van der Waals surface area contributed by atoms with Gasteiger partial charge in [0.05, 0.1) is 11.2 Å². The summed E-state index contributed by atoms with van der Waals surface area (Å²) >= 11 is 0. The number of hydrogen-bond donors (Lipinski definition) is 1. The molecule has 1 heterocycles. The fourth-order valence-corrected chi connectivity index (χ4v) is 1.97. The third-order valence-corrected chi connectivity index (χ3v) is 3.14. The van der Waals surface area contributed by atoms with Gasteiger partial charge in [0.15, 0.2) is 0 Å². The van der Waals surface area contributed by atoms with E-state index in [0.29, 0.717) is 6.04 Å². The van der Waals surface area contributed by atoms with Crippen LogP contribution in [0.5, 0.6) is 0 Å². The highest BCUT2D eigenvalue weighted by Crippen LogP contribution is 2.18. The fraction of sp³-hybridized carbons (Fsp3) is 0.462. The van der Waals surface area contributed by atoms with Crippen LogP contribution in [0.1, 0.15) is 19.0 Å². The molecule has 0 aliphatic rings. The molecule has 0 saturated heterocycles. The Morgan fingerprint density at radius 2 is 2.12 bits per heavy atom. The number of benzene rings is 1. The molecule has 2 aromatic rings. The maximum atomic E-state index is 4.58. The lowest BCUT2D eigenvalue weighted by molar-refractivity contribution is 0.559. The Labute approximate surface area is 96.5 Å². The second kappa shape index (κ2) is 4.66. The first-order valence-electron chi connectivity index (χ1n) is 5.80.